The van der Waals surface area contributed by atoms with Crippen LogP contribution in [0.4, 0.5) is 5.69 Å². The highest BCUT2D eigenvalue weighted by Gasteiger charge is 2.37. The quantitative estimate of drug-likeness (QED) is 0.410. The SMILES string of the molecule is CC(C)=CCC[C@H](C)C1CC[C@@H](C)c2c(O)cc(C)c([N+](=O)[O-])c21. The average Bonchev–Trinajstić information content (AvgIpc) is 2.45. The predicted octanol–water partition coefficient (Wildman–Crippen LogP) is 5.97. The van der Waals surface area contributed by atoms with Gasteiger partial charge in [0.25, 0.3) is 5.69 Å². The summed E-state index contributed by atoms with van der Waals surface area (Å²) < 4.78 is 0. The number of aryl methyl sites for hydroxylation is 1. The molecule has 0 spiro atoms. The Morgan fingerprint density at radius 2 is 2.08 bits per heavy atom. The summed E-state index contributed by atoms with van der Waals surface area (Å²) in [6.45, 7) is 10.2. The molecule has 1 unspecified atom stereocenters. The molecule has 0 heterocycles. The molecule has 1 aromatic rings. The monoisotopic (exact) mass is 331 g/mol. The van der Waals surface area contributed by atoms with E-state index in [0.29, 0.717) is 11.5 Å². The van der Waals surface area contributed by atoms with Crippen LogP contribution in [-0.4, -0.2) is 10.0 Å². The second-order valence-electron chi connectivity index (χ2n) is 7.57. The summed E-state index contributed by atoms with van der Waals surface area (Å²) in [5, 5.41) is 22.1. The molecule has 1 aliphatic rings. The fourth-order valence-corrected chi connectivity index (χ4v) is 4.09. The van der Waals surface area contributed by atoms with E-state index >= 15 is 0 Å². The van der Waals surface area contributed by atoms with Gasteiger partial charge in [0, 0.05) is 16.7 Å². The van der Waals surface area contributed by atoms with Crippen LogP contribution in [0.2, 0.25) is 0 Å². The average molecular weight is 331 g/mol. The number of allylic oxidation sites excluding steroid dienone is 2. The predicted molar refractivity (Wildman–Crippen MR) is 97.7 cm³/mol. The topological polar surface area (TPSA) is 63.4 Å². The number of nitro groups is 1. The zero-order valence-corrected chi connectivity index (χ0v) is 15.4. The van der Waals surface area contributed by atoms with Gasteiger partial charge in [-0.25, -0.2) is 0 Å². The summed E-state index contributed by atoms with van der Waals surface area (Å²) in [6, 6.07) is 1.56. The minimum absolute atomic E-state index is 0.146. The Morgan fingerprint density at radius 1 is 1.42 bits per heavy atom. The number of hydrogen-bond acceptors (Lipinski definition) is 3. The van der Waals surface area contributed by atoms with E-state index in [9.17, 15) is 15.2 Å². The molecule has 0 aliphatic heterocycles. The molecule has 3 atom stereocenters. The molecule has 0 radical (unpaired) electrons. The molecule has 0 amide bonds. The van der Waals surface area contributed by atoms with E-state index in [2.05, 4.69) is 33.8 Å². The maximum atomic E-state index is 11.7. The Labute approximate surface area is 144 Å². The van der Waals surface area contributed by atoms with E-state index in [1.54, 1.807) is 13.0 Å². The van der Waals surface area contributed by atoms with Crippen LogP contribution in [0.25, 0.3) is 0 Å². The van der Waals surface area contributed by atoms with Crippen molar-refractivity contribution >= 4 is 5.69 Å². The number of nitrogens with zero attached hydrogens (tertiary/aromatic N) is 1. The van der Waals surface area contributed by atoms with Crippen LogP contribution in [0.15, 0.2) is 17.7 Å². The van der Waals surface area contributed by atoms with E-state index in [1.807, 2.05) is 0 Å². The number of rotatable bonds is 5. The third kappa shape index (κ3) is 3.63. The number of nitro benzene ring substituents is 1. The minimum atomic E-state index is -0.262. The number of benzene rings is 1. The smallest absolute Gasteiger partial charge is 0.276 e. The van der Waals surface area contributed by atoms with Crippen molar-refractivity contribution in [2.24, 2.45) is 5.92 Å². The molecule has 0 saturated heterocycles. The Bertz CT molecular complexity index is 659. The number of phenolic OH excluding ortho intramolecular Hbond substituents is 1. The van der Waals surface area contributed by atoms with Gasteiger partial charge in [-0.2, -0.15) is 0 Å². The third-order valence-corrected chi connectivity index (χ3v) is 5.37. The number of aromatic hydroxyl groups is 1. The molecule has 132 valence electrons. The van der Waals surface area contributed by atoms with Gasteiger partial charge in [-0.05, 0) is 70.3 Å². The van der Waals surface area contributed by atoms with Crippen LogP contribution in [-0.2, 0) is 0 Å². The van der Waals surface area contributed by atoms with Crippen molar-refractivity contribution in [2.45, 2.75) is 72.1 Å². The Morgan fingerprint density at radius 3 is 2.67 bits per heavy atom. The Hall–Kier alpha value is -1.84. The second kappa shape index (κ2) is 7.37. The lowest BCUT2D eigenvalue weighted by atomic mass is 9.70. The normalized spacial score (nSPS) is 21.0. The molecule has 0 aromatic heterocycles. The molecule has 0 saturated carbocycles. The lowest BCUT2D eigenvalue weighted by Crippen LogP contribution is -2.21. The molecule has 4 heteroatoms. The maximum absolute atomic E-state index is 11.7. The van der Waals surface area contributed by atoms with E-state index in [4.69, 9.17) is 0 Å². The molecule has 4 nitrogen and oxygen atoms in total. The van der Waals surface area contributed by atoms with Crippen LogP contribution < -0.4 is 0 Å². The van der Waals surface area contributed by atoms with Gasteiger partial charge in [-0.3, -0.25) is 10.1 Å². The van der Waals surface area contributed by atoms with Crippen molar-refractivity contribution in [1.29, 1.82) is 0 Å². The second-order valence-corrected chi connectivity index (χ2v) is 7.57. The third-order valence-electron chi connectivity index (χ3n) is 5.37. The Kier molecular flexibility index (Phi) is 5.68. The summed E-state index contributed by atoms with van der Waals surface area (Å²) >= 11 is 0. The van der Waals surface area contributed by atoms with E-state index < -0.39 is 0 Å². The number of phenols is 1. The zero-order valence-electron chi connectivity index (χ0n) is 15.4. The van der Waals surface area contributed by atoms with Crippen LogP contribution >= 0.6 is 0 Å². The van der Waals surface area contributed by atoms with E-state index in [1.165, 1.54) is 5.57 Å². The van der Waals surface area contributed by atoms with Crippen LogP contribution in [0.3, 0.4) is 0 Å². The number of hydrogen-bond donors (Lipinski definition) is 1. The fourth-order valence-electron chi connectivity index (χ4n) is 4.09. The zero-order chi connectivity index (χ0) is 18.0. The molecular formula is C20H29NO3. The largest absolute Gasteiger partial charge is 0.508 e. The van der Waals surface area contributed by atoms with Crippen molar-refractivity contribution in [3.05, 3.63) is 44.5 Å². The van der Waals surface area contributed by atoms with Crippen molar-refractivity contribution in [3.63, 3.8) is 0 Å². The molecule has 1 aliphatic carbocycles. The van der Waals surface area contributed by atoms with Gasteiger partial charge in [-0.1, -0.05) is 25.5 Å². The first-order valence-electron chi connectivity index (χ1n) is 8.88. The molecule has 2 rings (SSSR count). The first-order valence-corrected chi connectivity index (χ1v) is 8.88. The minimum Gasteiger partial charge on any atom is -0.508 e. The first-order chi connectivity index (χ1) is 11.2. The highest BCUT2D eigenvalue weighted by atomic mass is 16.6. The fraction of sp³-hybridized carbons (Fsp3) is 0.600. The van der Waals surface area contributed by atoms with Crippen molar-refractivity contribution in [2.75, 3.05) is 0 Å². The highest BCUT2D eigenvalue weighted by molar-refractivity contribution is 5.60. The summed E-state index contributed by atoms with van der Waals surface area (Å²) in [4.78, 5) is 11.4. The summed E-state index contributed by atoms with van der Waals surface area (Å²) in [6.07, 6.45) is 6.16. The van der Waals surface area contributed by atoms with Gasteiger partial charge in [0.2, 0.25) is 0 Å². The molecule has 1 N–H and O–H groups in total. The van der Waals surface area contributed by atoms with E-state index in [0.717, 1.165) is 36.8 Å². The summed E-state index contributed by atoms with van der Waals surface area (Å²) in [5.74, 6) is 0.891. The maximum Gasteiger partial charge on any atom is 0.276 e. The van der Waals surface area contributed by atoms with Crippen molar-refractivity contribution in [1.82, 2.24) is 0 Å². The summed E-state index contributed by atoms with van der Waals surface area (Å²) in [5.41, 5.74) is 3.68. The van der Waals surface area contributed by atoms with Gasteiger partial charge in [-0.15, -0.1) is 0 Å². The highest BCUT2D eigenvalue weighted by Crippen LogP contribution is 2.51. The number of fused-ring (bicyclic) bond motifs is 1. The van der Waals surface area contributed by atoms with E-state index in [-0.39, 0.29) is 28.2 Å². The molecule has 0 bridgehead atoms. The Balaban J connectivity index is 2.47. The lowest BCUT2D eigenvalue weighted by molar-refractivity contribution is -0.386. The van der Waals surface area contributed by atoms with Gasteiger partial charge in [0.15, 0.2) is 0 Å². The van der Waals surface area contributed by atoms with Gasteiger partial charge < -0.3 is 5.11 Å². The summed E-state index contributed by atoms with van der Waals surface area (Å²) in [7, 11) is 0. The van der Waals surface area contributed by atoms with Crippen molar-refractivity contribution in [3.8, 4) is 5.75 Å². The van der Waals surface area contributed by atoms with Crippen molar-refractivity contribution < 1.29 is 10.0 Å². The van der Waals surface area contributed by atoms with Crippen LogP contribution in [0, 0.1) is 23.0 Å². The standard InChI is InChI=1S/C20H29NO3/c1-12(2)7-6-8-13(3)16-10-9-14(4)18-17(22)11-15(5)20(19(16)18)21(23)24/h7,11,13-14,16,22H,6,8-10H2,1-5H3/t13-,14+,16?/m0/s1. The van der Waals surface area contributed by atoms with Gasteiger partial charge in [0.05, 0.1) is 4.92 Å². The lowest BCUT2D eigenvalue weighted by Gasteiger charge is -2.34. The molecular weight excluding hydrogens is 302 g/mol. The van der Waals surface area contributed by atoms with Crippen LogP contribution in [0.5, 0.6) is 5.75 Å². The molecule has 0 fully saturated rings. The first kappa shape index (κ1) is 18.5. The molecule has 1 aromatic carbocycles. The van der Waals surface area contributed by atoms with Crippen LogP contribution in [0.1, 0.15) is 81.9 Å². The van der Waals surface area contributed by atoms with Gasteiger partial charge in [0.1, 0.15) is 5.75 Å². The molecule has 24 heavy (non-hydrogen) atoms. The van der Waals surface area contributed by atoms with Gasteiger partial charge >= 0.3 is 0 Å².